The van der Waals surface area contributed by atoms with Crippen LogP contribution in [0.5, 0.6) is 5.75 Å². The molecule has 1 N–H and O–H groups in total. The summed E-state index contributed by atoms with van der Waals surface area (Å²) in [5, 5.41) is 2.95. The number of rotatable bonds is 8. The number of carbonyl (C=O) groups excluding carboxylic acids is 2. The van der Waals surface area contributed by atoms with Crippen LogP contribution >= 0.6 is 0 Å². The van der Waals surface area contributed by atoms with E-state index in [1.54, 1.807) is 0 Å². The van der Waals surface area contributed by atoms with Gasteiger partial charge in [0.1, 0.15) is 23.7 Å². The first-order valence-corrected chi connectivity index (χ1v) is 10.2. The Hall–Kier alpha value is -3.67. The van der Waals surface area contributed by atoms with Crippen molar-refractivity contribution in [3.05, 3.63) is 102 Å². The van der Waals surface area contributed by atoms with Crippen LogP contribution in [0.4, 0.5) is 9.18 Å². The van der Waals surface area contributed by atoms with Crippen molar-refractivity contribution >= 4 is 11.9 Å². The van der Waals surface area contributed by atoms with Crippen LogP contribution in [-0.4, -0.2) is 35.5 Å². The summed E-state index contributed by atoms with van der Waals surface area (Å²) in [5.74, 6) is -0.144. The molecule has 0 saturated carbocycles. The van der Waals surface area contributed by atoms with Crippen molar-refractivity contribution < 1.29 is 18.7 Å². The normalized spacial score (nSPS) is 15.1. The molecule has 1 aliphatic heterocycles. The molecule has 31 heavy (non-hydrogen) atoms. The SMILES string of the molecule is O=C1NC(Cc2ccccc2)(Cc2ccccc2)C(=O)N1CCOc1ccc(F)cc1. The van der Waals surface area contributed by atoms with E-state index < -0.39 is 11.6 Å². The van der Waals surface area contributed by atoms with Gasteiger partial charge in [-0.1, -0.05) is 60.7 Å². The maximum atomic E-state index is 13.5. The predicted octanol–water partition coefficient (Wildman–Crippen LogP) is 3.98. The van der Waals surface area contributed by atoms with E-state index in [0.29, 0.717) is 18.6 Å². The number of imide groups is 1. The van der Waals surface area contributed by atoms with Gasteiger partial charge in [-0.2, -0.15) is 0 Å². The number of halogens is 1. The molecule has 0 aliphatic carbocycles. The molecule has 3 aromatic rings. The molecule has 4 rings (SSSR count). The van der Waals surface area contributed by atoms with Gasteiger partial charge in [-0.05, 0) is 35.4 Å². The number of ether oxygens (including phenoxy) is 1. The van der Waals surface area contributed by atoms with Crippen molar-refractivity contribution in [1.82, 2.24) is 10.2 Å². The fourth-order valence-corrected chi connectivity index (χ4v) is 3.86. The maximum absolute atomic E-state index is 13.5. The summed E-state index contributed by atoms with van der Waals surface area (Å²) in [5.41, 5.74) is 0.878. The minimum atomic E-state index is -1.06. The van der Waals surface area contributed by atoms with Gasteiger partial charge in [0.2, 0.25) is 0 Å². The van der Waals surface area contributed by atoms with Crippen LogP contribution in [0.3, 0.4) is 0 Å². The standard InChI is InChI=1S/C25H23FN2O3/c26-21-11-13-22(14-12-21)31-16-15-28-23(29)25(27-24(28)30,17-19-7-3-1-4-8-19)18-20-9-5-2-6-10-20/h1-14H,15-18H2,(H,27,30). The highest BCUT2D eigenvalue weighted by atomic mass is 19.1. The Kier molecular flexibility index (Phi) is 5.98. The van der Waals surface area contributed by atoms with Gasteiger partial charge >= 0.3 is 6.03 Å². The summed E-state index contributed by atoms with van der Waals surface area (Å²) in [7, 11) is 0. The third-order valence-electron chi connectivity index (χ3n) is 5.34. The topological polar surface area (TPSA) is 58.6 Å². The van der Waals surface area contributed by atoms with Gasteiger partial charge in [0.25, 0.3) is 5.91 Å². The first-order chi connectivity index (χ1) is 15.1. The molecular formula is C25H23FN2O3. The smallest absolute Gasteiger partial charge is 0.325 e. The average molecular weight is 418 g/mol. The van der Waals surface area contributed by atoms with Crippen LogP contribution in [0.25, 0.3) is 0 Å². The van der Waals surface area contributed by atoms with E-state index in [2.05, 4.69) is 5.32 Å². The third kappa shape index (κ3) is 4.74. The Morgan fingerprint density at radius 1 is 0.806 bits per heavy atom. The van der Waals surface area contributed by atoms with Crippen LogP contribution in [0.1, 0.15) is 11.1 Å². The lowest BCUT2D eigenvalue weighted by atomic mass is 9.84. The van der Waals surface area contributed by atoms with Gasteiger partial charge in [-0.3, -0.25) is 9.69 Å². The first-order valence-electron chi connectivity index (χ1n) is 10.2. The Labute approximate surface area is 180 Å². The Bertz CT molecular complexity index is 998. The lowest BCUT2D eigenvalue weighted by Crippen LogP contribution is -2.51. The van der Waals surface area contributed by atoms with Crippen molar-refractivity contribution in [3.63, 3.8) is 0 Å². The summed E-state index contributed by atoms with van der Waals surface area (Å²) in [4.78, 5) is 27.4. The molecule has 3 aromatic carbocycles. The Balaban J connectivity index is 1.51. The van der Waals surface area contributed by atoms with Gasteiger partial charge in [-0.25, -0.2) is 9.18 Å². The molecule has 1 saturated heterocycles. The zero-order chi connectivity index (χ0) is 21.7. The van der Waals surface area contributed by atoms with E-state index in [1.807, 2.05) is 60.7 Å². The second-order valence-corrected chi connectivity index (χ2v) is 7.60. The molecule has 0 bridgehead atoms. The number of hydrogen-bond donors (Lipinski definition) is 1. The van der Waals surface area contributed by atoms with Gasteiger partial charge in [0.05, 0.1) is 6.54 Å². The Morgan fingerprint density at radius 2 is 1.35 bits per heavy atom. The minimum Gasteiger partial charge on any atom is -0.492 e. The van der Waals surface area contributed by atoms with Crippen LogP contribution in [0.2, 0.25) is 0 Å². The lowest BCUT2D eigenvalue weighted by molar-refractivity contribution is -0.131. The highest BCUT2D eigenvalue weighted by molar-refractivity contribution is 6.07. The van der Waals surface area contributed by atoms with Crippen LogP contribution in [-0.2, 0) is 17.6 Å². The highest BCUT2D eigenvalue weighted by Gasteiger charge is 2.50. The van der Waals surface area contributed by atoms with Gasteiger partial charge < -0.3 is 10.1 Å². The van der Waals surface area contributed by atoms with Crippen molar-refractivity contribution in [3.8, 4) is 5.75 Å². The van der Waals surface area contributed by atoms with Gasteiger partial charge in [0, 0.05) is 12.8 Å². The van der Waals surface area contributed by atoms with Crippen LogP contribution in [0, 0.1) is 5.82 Å². The summed E-state index contributed by atoms with van der Waals surface area (Å²) in [6.07, 6.45) is 0.783. The number of carbonyl (C=O) groups is 2. The minimum absolute atomic E-state index is 0.105. The summed E-state index contributed by atoms with van der Waals surface area (Å²) in [6, 6.07) is 24.5. The van der Waals surface area contributed by atoms with E-state index in [4.69, 9.17) is 4.74 Å². The number of amides is 3. The van der Waals surface area contributed by atoms with Gasteiger partial charge in [-0.15, -0.1) is 0 Å². The highest BCUT2D eigenvalue weighted by Crippen LogP contribution is 2.27. The number of hydrogen-bond acceptors (Lipinski definition) is 3. The van der Waals surface area contributed by atoms with E-state index in [9.17, 15) is 14.0 Å². The number of nitrogens with one attached hydrogen (secondary N) is 1. The summed E-state index contributed by atoms with van der Waals surface area (Å²) in [6.45, 7) is 0.227. The number of urea groups is 1. The summed E-state index contributed by atoms with van der Waals surface area (Å²) < 4.78 is 18.6. The molecule has 0 atom stereocenters. The fraction of sp³-hybridized carbons (Fsp3) is 0.200. The average Bonchev–Trinajstić information content (AvgIpc) is 3.00. The molecule has 1 fully saturated rings. The summed E-state index contributed by atoms with van der Waals surface area (Å²) >= 11 is 0. The molecule has 3 amide bonds. The molecule has 0 unspecified atom stereocenters. The lowest BCUT2D eigenvalue weighted by Gasteiger charge is -2.27. The third-order valence-corrected chi connectivity index (χ3v) is 5.34. The monoisotopic (exact) mass is 418 g/mol. The maximum Gasteiger partial charge on any atom is 0.325 e. The fourth-order valence-electron chi connectivity index (χ4n) is 3.86. The van der Waals surface area contributed by atoms with E-state index in [0.717, 1.165) is 11.1 Å². The van der Waals surface area contributed by atoms with E-state index >= 15 is 0 Å². The second-order valence-electron chi connectivity index (χ2n) is 7.60. The second kappa shape index (κ2) is 9.00. The number of nitrogens with zero attached hydrogens (tertiary/aromatic N) is 1. The van der Waals surface area contributed by atoms with E-state index in [-0.39, 0.29) is 24.9 Å². The largest absolute Gasteiger partial charge is 0.492 e. The molecule has 0 aromatic heterocycles. The zero-order valence-corrected chi connectivity index (χ0v) is 17.0. The van der Waals surface area contributed by atoms with Crippen molar-refractivity contribution in [2.24, 2.45) is 0 Å². The van der Waals surface area contributed by atoms with Crippen molar-refractivity contribution in [2.75, 3.05) is 13.2 Å². The zero-order valence-electron chi connectivity index (χ0n) is 17.0. The quantitative estimate of drug-likeness (QED) is 0.563. The first kappa shape index (κ1) is 20.6. The van der Waals surface area contributed by atoms with Crippen molar-refractivity contribution in [1.29, 1.82) is 0 Å². The molecule has 0 spiro atoms. The molecule has 1 heterocycles. The van der Waals surface area contributed by atoms with Crippen molar-refractivity contribution in [2.45, 2.75) is 18.4 Å². The molecular weight excluding hydrogens is 395 g/mol. The van der Waals surface area contributed by atoms with Gasteiger partial charge in [0.15, 0.2) is 0 Å². The molecule has 1 aliphatic rings. The number of benzene rings is 3. The molecule has 158 valence electrons. The predicted molar refractivity (Wildman–Crippen MR) is 115 cm³/mol. The van der Waals surface area contributed by atoms with E-state index in [1.165, 1.54) is 29.2 Å². The van der Waals surface area contributed by atoms with Crippen LogP contribution < -0.4 is 10.1 Å². The molecule has 0 radical (unpaired) electrons. The van der Waals surface area contributed by atoms with Crippen LogP contribution in [0.15, 0.2) is 84.9 Å². The molecule has 6 heteroatoms. The Morgan fingerprint density at radius 3 is 1.90 bits per heavy atom. The molecule has 5 nitrogen and oxygen atoms in total.